The standard InChI is InChI=1S/C15H25FN2O3S/c1-4-5-8-14(16)10-12-17-15(19)9-6-7-11-18-22(20,21)13(2)3/h4-5,8,10,13,18H,1,6-7,9,11-12H2,2-3H3,(H,17,19)/b8-5-,14-10+. The molecular formula is C15H25FN2O3S. The maximum Gasteiger partial charge on any atom is 0.220 e. The fraction of sp³-hybridized carbons (Fsp3) is 0.533. The Labute approximate surface area is 132 Å². The third kappa shape index (κ3) is 10.3. The number of allylic oxidation sites excluding steroid dienone is 4. The summed E-state index contributed by atoms with van der Waals surface area (Å²) in [5, 5.41) is 2.10. The molecule has 22 heavy (non-hydrogen) atoms. The second-order valence-electron chi connectivity index (χ2n) is 4.93. The van der Waals surface area contributed by atoms with Gasteiger partial charge in [-0.25, -0.2) is 17.5 Å². The molecule has 0 aromatic rings. The van der Waals surface area contributed by atoms with Crippen LogP contribution < -0.4 is 10.0 Å². The molecule has 0 saturated heterocycles. The van der Waals surface area contributed by atoms with Crippen LogP contribution in [0.1, 0.15) is 33.1 Å². The molecule has 2 N–H and O–H groups in total. The summed E-state index contributed by atoms with van der Waals surface area (Å²) in [7, 11) is -3.24. The Morgan fingerprint density at radius 2 is 2.00 bits per heavy atom. The van der Waals surface area contributed by atoms with E-state index in [1.54, 1.807) is 13.8 Å². The van der Waals surface area contributed by atoms with Crippen molar-refractivity contribution < 1.29 is 17.6 Å². The first-order chi connectivity index (χ1) is 10.3. The minimum Gasteiger partial charge on any atom is -0.353 e. The summed E-state index contributed by atoms with van der Waals surface area (Å²) in [5.41, 5.74) is 0. The Morgan fingerprint density at radius 3 is 2.59 bits per heavy atom. The van der Waals surface area contributed by atoms with Gasteiger partial charge in [-0.1, -0.05) is 18.7 Å². The van der Waals surface area contributed by atoms with Gasteiger partial charge in [-0.15, -0.1) is 0 Å². The number of carbonyl (C=O) groups is 1. The first-order valence-electron chi connectivity index (χ1n) is 7.19. The third-order valence-electron chi connectivity index (χ3n) is 2.74. The quantitative estimate of drug-likeness (QED) is 0.450. The number of nitrogens with one attached hydrogen (secondary N) is 2. The van der Waals surface area contributed by atoms with Crippen molar-refractivity contribution in [1.82, 2.24) is 10.0 Å². The number of unbranched alkanes of at least 4 members (excludes halogenated alkanes) is 1. The number of hydrogen-bond donors (Lipinski definition) is 2. The van der Waals surface area contributed by atoms with Crippen LogP contribution in [0.4, 0.5) is 4.39 Å². The van der Waals surface area contributed by atoms with Crippen LogP contribution in [0.3, 0.4) is 0 Å². The number of halogens is 1. The van der Waals surface area contributed by atoms with Crippen LogP contribution in [0.25, 0.3) is 0 Å². The Bertz CT molecular complexity index is 511. The first kappa shape index (κ1) is 20.5. The SMILES string of the molecule is C=C/C=C\C(F)=C/CNC(=O)CCCCNS(=O)(=O)C(C)C. The van der Waals surface area contributed by atoms with Gasteiger partial charge in [0, 0.05) is 19.5 Å². The van der Waals surface area contributed by atoms with Crippen molar-refractivity contribution in [2.75, 3.05) is 13.1 Å². The smallest absolute Gasteiger partial charge is 0.220 e. The van der Waals surface area contributed by atoms with Gasteiger partial charge < -0.3 is 5.32 Å². The largest absolute Gasteiger partial charge is 0.353 e. The van der Waals surface area contributed by atoms with Gasteiger partial charge >= 0.3 is 0 Å². The minimum absolute atomic E-state index is 0.117. The lowest BCUT2D eigenvalue weighted by Crippen LogP contribution is -2.31. The lowest BCUT2D eigenvalue weighted by Gasteiger charge is -2.09. The molecule has 0 heterocycles. The summed E-state index contributed by atoms with van der Waals surface area (Å²) in [6.45, 7) is 7.06. The first-order valence-corrected chi connectivity index (χ1v) is 8.74. The van der Waals surface area contributed by atoms with E-state index in [1.807, 2.05) is 0 Å². The molecule has 7 heteroatoms. The molecule has 0 spiro atoms. The molecule has 0 aliphatic heterocycles. The van der Waals surface area contributed by atoms with Crippen molar-refractivity contribution in [3.8, 4) is 0 Å². The summed E-state index contributed by atoms with van der Waals surface area (Å²) >= 11 is 0. The van der Waals surface area contributed by atoms with E-state index >= 15 is 0 Å². The lowest BCUT2D eigenvalue weighted by molar-refractivity contribution is -0.120. The molecule has 0 atom stereocenters. The normalized spacial score (nSPS) is 12.8. The van der Waals surface area contributed by atoms with Crippen LogP contribution in [-0.4, -0.2) is 32.7 Å². The monoisotopic (exact) mass is 332 g/mol. The molecule has 0 saturated carbocycles. The van der Waals surface area contributed by atoms with E-state index in [2.05, 4.69) is 16.6 Å². The van der Waals surface area contributed by atoms with E-state index in [1.165, 1.54) is 24.3 Å². The molecule has 0 rings (SSSR count). The fourth-order valence-electron chi connectivity index (χ4n) is 1.37. The topological polar surface area (TPSA) is 75.3 Å². The zero-order chi connectivity index (χ0) is 17.0. The Kier molecular flexibility index (Phi) is 10.4. The van der Waals surface area contributed by atoms with Gasteiger partial charge in [0.15, 0.2) is 0 Å². The number of carbonyl (C=O) groups excluding carboxylic acids is 1. The summed E-state index contributed by atoms with van der Waals surface area (Å²) in [4.78, 5) is 11.5. The van der Waals surface area contributed by atoms with Crippen LogP contribution in [0.2, 0.25) is 0 Å². The highest BCUT2D eigenvalue weighted by atomic mass is 32.2. The molecule has 126 valence electrons. The van der Waals surface area contributed by atoms with Crippen molar-refractivity contribution in [2.45, 2.75) is 38.4 Å². The Morgan fingerprint density at radius 1 is 1.32 bits per heavy atom. The highest BCUT2D eigenvalue weighted by molar-refractivity contribution is 7.90. The summed E-state index contributed by atoms with van der Waals surface area (Å²) in [6.07, 6.45) is 6.85. The molecular weight excluding hydrogens is 307 g/mol. The van der Waals surface area contributed by atoms with Gasteiger partial charge in [0.2, 0.25) is 15.9 Å². The second kappa shape index (κ2) is 11.1. The van der Waals surface area contributed by atoms with Crippen molar-refractivity contribution in [1.29, 1.82) is 0 Å². The fourth-order valence-corrected chi connectivity index (χ4v) is 2.13. The molecule has 0 bridgehead atoms. The third-order valence-corrected chi connectivity index (χ3v) is 4.59. The molecule has 0 aliphatic carbocycles. The highest BCUT2D eigenvalue weighted by Gasteiger charge is 2.14. The summed E-state index contributed by atoms with van der Waals surface area (Å²) in [6, 6.07) is 0. The number of hydrogen-bond acceptors (Lipinski definition) is 3. The highest BCUT2D eigenvalue weighted by Crippen LogP contribution is 2.00. The molecule has 0 unspecified atom stereocenters. The molecule has 0 radical (unpaired) electrons. The van der Waals surface area contributed by atoms with Crippen LogP contribution in [-0.2, 0) is 14.8 Å². The Hall–Kier alpha value is -1.47. The van der Waals surface area contributed by atoms with Crippen LogP contribution in [0.15, 0.2) is 36.7 Å². The average Bonchev–Trinajstić information content (AvgIpc) is 2.44. The van der Waals surface area contributed by atoms with E-state index in [-0.39, 0.29) is 18.9 Å². The lowest BCUT2D eigenvalue weighted by atomic mass is 10.2. The van der Waals surface area contributed by atoms with Crippen LogP contribution >= 0.6 is 0 Å². The zero-order valence-electron chi connectivity index (χ0n) is 13.1. The van der Waals surface area contributed by atoms with E-state index in [0.29, 0.717) is 19.4 Å². The number of amides is 1. The van der Waals surface area contributed by atoms with Crippen LogP contribution in [0, 0.1) is 0 Å². The van der Waals surface area contributed by atoms with Crippen LogP contribution in [0.5, 0.6) is 0 Å². The predicted octanol–water partition coefficient (Wildman–Crippen LogP) is 2.20. The number of rotatable bonds is 11. The molecule has 0 aliphatic rings. The molecule has 0 aromatic heterocycles. The molecule has 5 nitrogen and oxygen atoms in total. The van der Waals surface area contributed by atoms with E-state index < -0.39 is 21.1 Å². The second-order valence-corrected chi connectivity index (χ2v) is 7.25. The number of sulfonamides is 1. The average molecular weight is 332 g/mol. The van der Waals surface area contributed by atoms with Crippen molar-refractivity contribution in [3.63, 3.8) is 0 Å². The summed E-state index contributed by atoms with van der Waals surface area (Å²) in [5.74, 6) is -0.633. The van der Waals surface area contributed by atoms with E-state index in [0.717, 1.165) is 0 Å². The minimum atomic E-state index is -3.24. The van der Waals surface area contributed by atoms with Crippen molar-refractivity contribution in [3.05, 3.63) is 36.7 Å². The molecule has 0 aromatic carbocycles. The van der Waals surface area contributed by atoms with Gasteiger partial charge in [-0.3, -0.25) is 4.79 Å². The van der Waals surface area contributed by atoms with Gasteiger partial charge in [0.1, 0.15) is 5.83 Å². The maximum absolute atomic E-state index is 13.1. The van der Waals surface area contributed by atoms with Gasteiger partial charge in [0.05, 0.1) is 5.25 Å². The van der Waals surface area contributed by atoms with E-state index in [9.17, 15) is 17.6 Å². The van der Waals surface area contributed by atoms with Crippen molar-refractivity contribution in [2.24, 2.45) is 0 Å². The molecule has 0 fully saturated rings. The van der Waals surface area contributed by atoms with Gasteiger partial charge in [-0.2, -0.15) is 0 Å². The zero-order valence-corrected chi connectivity index (χ0v) is 14.0. The maximum atomic E-state index is 13.1. The van der Waals surface area contributed by atoms with Gasteiger partial charge in [0.25, 0.3) is 0 Å². The van der Waals surface area contributed by atoms with Gasteiger partial charge in [-0.05, 0) is 38.8 Å². The van der Waals surface area contributed by atoms with E-state index in [4.69, 9.17) is 0 Å². The molecule has 1 amide bonds. The summed E-state index contributed by atoms with van der Waals surface area (Å²) < 4.78 is 38.5. The predicted molar refractivity (Wildman–Crippen MR) is 87.4 cm³/mol. The Balaban J connectivity index is 3.79. The van der Waals surface area contributed by atoms with Crippen molar-refractivity contribution >= 4 is 15.9 Å².